The molecule has 0 aromatic heterocycles. The van der Waals surface area contributed by atoms with Crippen LogP contribution in [0.2, 0.25) is 0 Å². The lowest BCUT2D eigenvalue weighted by atomic mass is 9.32. The molecule has 2 nitrogen and oxygen atoms in total. The molecule has 0 radical (unpaired) electrons. The number of hydrogen-bond donors (Lipinski definition) is 0. The largest absolute Gasteiger partial charge is 0.311 e. The van der Waals surface area contributed by atoms with E-state index in [4.69, 9.17) is 0 Å². The zero-order valence-corrected chi connectivity index (χ0v) is 46.1. The summed E-state index contributed by atoms with van der Waals surface area (Å²) in [6, 6.07) is 46.4. The summed E-state index contributed by atoms with van der Waals surface area (Å²) >= 11 is 0. The van der Waals surface area contributed by atoms with E-state index in [0.717, 1.165) is 70.0 Å². The monoisotopic (exact) mass is 948 g/mol. The Hall–Kier alpha value is -5.80. The average Bonchev–Trinajstić information content (AvgIpc) is 3.52. The second kappa shape index (κ2) is 14.9. The predicted molar refractivity (Wildman–Crippen MR) is 311 cm³/mol. The topological polar surface area (TPSA) is 6.48 Å². The molecule has 0 amide bonds. The Kier molecular flexibility index (Phi) is 9.07. The van der Waals surface area contributed by atoms with Gasteiger partial charge in [0, 0.05) is 48.9 Å². The van der Waals surface area contributed by atoms with E-state index in [0.29, 0.717) is 5.56 Å². The van der Waals surface area contributed by atoms with Crippen molar-refractivity contribution in [3.05, 3.63) is 183 Å². The molecule has 0 saturated carbocycles. The summed E-state index contributed by atoms with van der Waals surface area (Å²) in [6.45, 7) is 35.6. The zero-order valence-electron chi connectivity index (χ0n) is 49.1. The molecule has 0 bridgehead atoms. The number of aryl methyl sites for hydroxylation is 2. The maximum Gasteiger partial charge on any atom is 0.252 e. The summed E-state index contributed by atoms with van der Waals surface area (Å²) in [7, 11) is 0. The Morgan fingerprint density at radius 3 is 1.50 bits per heavy atom. The third-order valence-corrected chi connectivity index (χ3v) is 18.9. The summed E-state index contributed by atoms with van der Waals surface area (Å²) in [5, 5.41) is 0. The van der Waals surface area contributed by atoms with Gasteiger partial charge in [-0.3, -0.25) is 0 Å². The number of hydrogen-bond acceptors (Lipinski definition) is 2. The summed E-state index contributed by atoms with van der Waals surface area (Å²) in [5.74, 6) is 0. The lowest BCUT2D eigenvalue weighted by molar-refractivity contribution is 0.332. The lowest BCUT2D eigenvalue weighted by Gasteiger charge is -2.49. The molecule has 72 heavy (non-hydrogen) atoms. The number of fused-ring (bicyclic) bond motifs is 8. The van der Waals surface area contributed by atoms with Crippen LogP contribution in [0.25, 0.3) is 11.1 Å². The second-order valence-corrected chi connectivity index (χ2v) is 27.5. The molecule has 0 unspecified atom stereocenters. The molecule has 0 atom stereocenters. The van der Waals surface area contributed by atoms with Crippen molar-refractivity contribution in [2.75, 3.05) is 9.80 Å². The van der Waals surface area contributed by atoms with Gasteiger partial charge >= 0.3 is 0 Å². The minimum Gasteiger partial charge on any atom is -0.311 e. The van der Waals surface area contributed by atoms with Crippen LogP contribution >= 0.6 is 0 Å². The summed E-state index contributed by atoms with van der Waals surface area (Å²) in [5.41, 5.74) is 25.2. The standard InChI is InChI=1S/C69H77BN2/c1-41-31-60-62-61(32-41)72(57-37-50-48(33-42(57)2)64(6,7)29-30-65(50,8)9)59-39-53-52(68(14,15)46-25-21-22-26-47(46)69(53,16)17)36-55(59)70(62)54-35-49-51(67(12,13)40-66(49,10)11)38-58(54)71(60)56-28-27-44(63(3,4)5)34-45(56)43-23-19-18-20-24-43/h18-28,31-39H,29-30,40H2,1-17H3/i1D3. The fraction of sp³-hybridized carbons (Fsp3) is 0.391. The summed E-state index contributed by atoms with van der Waals surface area (Å²) in [6.07, 6.45) is 3.25. The van der Waals surface area contributed by atoms with E-state index in [1.165, 1.54) is 66.6 Å². The van der Waals surface area contributed by atoms with Gasteiger partial charge in [-0.05, 0) is 186 Å². The van der Waals surface area contributed by atoms with Gasteiger partial charge in [0.25, 0.3) is 6.71 Å². The van der Waals surface area contributed by atoms with E-state index in [1.807, 2.05) is 6.07 Å². The smallest absolute Gasteiger partial charge is 0.252 e. The molecule has 0 fully saturated rings. The van der Waals surface area contributed by atoms with Gasteiger partial charge in [-0.2, -0.15) is 0 Å². The maximum atomic E-state index is 9.38. The van der Waals surface area contributed by atoms with Crippen molar-refractivity contribution in [3.63, 3.8) is 0 Å². The molecule has 2 aliphatic heterocycles. The van der Waals surface area contributed by atoms with Crippen LogP contribution in [0.15, 0.2) is 121 Å². The normalized spacial score (nSPS) is 20.4. The zero-order chi connectivity index (χ0) is 53.7. The molecule has 3 heteroatoms. The number of benzene rings is 7. The highest BCUT2D eigenvalue weighted by Crippen LogP contribution is 2.57. The van der Waals surface area contributed by atoms with E-state index in [-0.39, 0.29) is 44.6 Å². The fourth-order valence-electron chi connectivity index (χ4n) is 14.9. The van der Waals surface area contributed by atoms with Crippen molar-refractivity contribution < 1.29 is 4.11 Å². The molecular weight excluding hydrogens is 868 g/mol. The first kappa shape index (κ1) is 43.8. The van der Waals surface area contributed by atoms with Gasteiger partial charge in [0.2, 0.25) is 0 Å². The van der Waals surface area contributed by atoms with E-state index in [1.54, 1.807) is 0 Å². The van der Waals surface area contributed by atoms with Gasteiger partial charge in [0.05, 0.1) is 5.69 Å². The highest BCUT2D eigenvalue weighted by Gasteiger charge is 2.51. The molecule has 7 aromatic carbocycles. The first-order valence-electron chi connectivity index (χ1n) is 28.5. The second-order valence-electron chi connectivity index (χ2n) is 27.5. The molecule has 0 saturated heterocycles. The van der Waals surface area contributed by atoms with Crippen molar-refractivity contribution in [1.82, 2.24) is 0 Å². The van der Waals surface area contributed by atoms with Crippen LogP contribution in [0.3, 0.4) is 0 Å². The summed E-state index contributed by atoms with van der Waals surface area (Å²) < 4.78 is 28.1. The maximum absolute atomic E-state index is 9.38. The Bertz CT molecular complexity index is 3580. The number of rotatable bonds is 3. The van der Waals surface area contributed by atoms with E-state index < -0.39 is 6.85 Å². The molecular formula is C69H77BN2. The minimum absolute atomic E-state index is 0.0211. The molecule has 12 rings (SSSR count). The molecule has 7 aromatic rings. The summed E-state index contributed by atoms with van der Waals surface area (Å²) in [4.78, 5) is 5.02. The van der Waals surface area contributed by atoms with Gasteiger partial charge in [-0.15, -0.1) is 0 Å². The van der Waals surface area contributed by atoms with Gasteiger partial charge in [0.1, 0.15) is 0 Å². The first-order chi connectivity index (χ1) is 34.8. The minimum atomic E-state index is -2.40. The van der Waals surface area contributed by atoms with Crippen LogP contribution < -0.4 is 26.2 Å². The van der Waals surface area contributed by atoms with Gasteiger partial charge < -0.3 is 9.80 Å². The molecule has 0 spiro atoms. The number of nitrogens with zero attached hydrogens (tertiary/aromatic N) is 2. The quantitative estimate of drug-likeness (QED) is 0.163. The molecule has 366 valence electrons. The van der Waals surface area contributed by atoms with E-state index in [9.17, 15) is 4.11 Å². The molecule has 2 heterocycles. The third kappa shape index (κ3) is 6.60. The Morgan fingerprint density at radius 2 is 0.931 bits per heavy atom. The van der Waals surface area contributed by atoms with Crippen LogP contribution in [0.1, 0.15) is 188 Å². The highest BCUT2D eigenvalue weighted by atomic mass is 15.2. The van der Waals surface area contributed by atoms with E-state index >= 15 is 0 Å². The lowest BCUT2D eigenvalue weighted by Crippen LogP contribution is -2.62. The van der Waals surface area contributed by atoms with Crippen molar-refractivity contribution >= 4 is 57.2 Å². The van der Waals surface area contributed by atoms with Crippen LogP contribution in [-0.2, 0) is 37.9 Å². The van der Waals surface area contributed by atoms with E-state index in [2.05, 4.69) is 236 Å². The first-order valence-corrected chi connectivity index (χ1v) is 27.0. The SMILES string of the molecule is [2H]C([2H])([2H])c1cc2c3c(c1)N(c1ccc(C(C)(C)C)cc1-c1ccccc1)c1cc4c(cc1B3c1cc3c(cc1N2c1cc2c(cc1C)C(C)(C)CCC2(C)C)C(C)(C)c1ccccc1C3(C)C)C(C)(C)CC4(C)C. The van der Waals surface area contributed by atoms with Crippen LogP contribution in [0, 0.1) is 13.8 Å². The van der Waals surface area contributed by atoms with Crippen LogP contribution in [-0.4, -0.2) is 6.71 Å². The van der Waals surface area contributed by atoms with Crippen molar-refractivity contribution in [1.29, 1.82) is 0 Å². The van der Waals surface area contributed by atoms with Crippen LogP contribution in [0.5, 0.6) is 0 Å². The van der Waals surface area contributed by atoms with Gasteiger partial charge in [-0.25, -0.2) is 0 Å². The Morgan fingerprint density at radius 1 is 0.458 bits per heavy atom. The molecule has 5 aliphatic rings. The molecule has 0 N–H and O–H groups in total. The Labute approximate surface area is 437 Å². The fourth-order valence-corrected chi connectivity index (χ4v) is 14.9. The van der Waals surface area contributed by atoms with Crippen molar-refractivity contribution in [2.45, 2.75) is 175 Å². The van der Waals surface area contributed by atoms with Gasteiger partial charge in [0.15, 0.2) is 0 Å². The predicted octanol–water partition coefficient (Wildman–Crippen LogP) is 16.6. The van der Waals surface area contributed by atoms with Crippen LogP contribution in [0.4, 0.5) is 34.1 Å². The average molecular weight is 948 g/mol. The third-order valence-electron chi connectivity index (χ3n) is 18.9. The molecule has 3 aliphatic carbocycles. The highest BCUT2D eigenvalue weighted by molar-refractivity contribution is 7.00. The number of anilines is 6. The Balaban J connectivity index is 1.27. The van der Waals surface area contributed by atoms with Crippen molar-refractivity contribution in [2.24, 2.45) is 0 Å². The van der Waals surface area contributed by atoms with Crippen molar-refractivity contribution in [3.8, 4) is 11.1 Å². The van der Waals surface area contributed by atoms with Gasteiger partial charge in [-0.1, -0.05) is 183 Å².